The second kappa shape index (κ2) is 4.76. The first kappa shape index (κ1) is 12.6. The van der Waals surface area contributed by atoms with Crippen LogP contribution in [0.4, 0.5) is 0 Å². The van der Waals surface area contributed by atoms with E-state index in [0.29, 0.717) is 0 Å². The van der Waals surface area contributed by atoms with Crippen LogP contribution in [0.15, 0.2) is 37.4 Å². The van der Waals surface area contributed by atoms with Crippen molar-refractivity contribution < 1.29 is 0 Å². The summed E-state index contributed by atoms with van der Waals surface area (Å²) in [6, 6.07) is 8.87. The van der Waals surface area contributed by atoms with Crippen LogP contribution in [0, 0.1) is 0 Å². The van der Waals surface area contributed by atoms with E-state index in [1.54, 1.807) is 0 Å². The minimum atomic E-state index is -1.50. The van der Waals surface area contributed by atoms with Crippen LogP contribution in [0.3, 0.4) is 0 Å². The molecule has 88 valence electrons. The molecule has 2 aromatic rings. The van der Waals surface area contributed by atoms with Gasteiger partial charge in [-0.05, 0) is 21.1 Å². The number of hydrogen-bond acceptors (Lipinski definition) is 2. The standard InChI is InChI=1S/C14H16S2Si/c1-5-11-7-9-13(15-11)17(3,4)14-10-8-12(6-2)16-14/h5-10H,1-2H2,3-4H3. The lowest BCUT2D eigenvalue weighted by Gasteiger charge is -2.18. The third-order valence-electron chi connectivity index (χ3n) is 2.89. The van der Waals surface area contributed by atoms with Crippen molar-refractivity contribution in [2.75, 3.05) is 0 Å². The van der Waals surface area contributed by atoms with E-state index in [1.807, 2.05) is 34.8 Å². The smallest absolute Gasteiger partial charge is 0.137 e. The minimum Gasteiger partial charge on any atom is -0.145 e. The van der Waals surface area contributed by atoms with Gasteiger partial charge in [0.25, 0.3) is 0 Å². The van der Waals surface area contributed by atoms with E-state index in [-0.39, 0.29) is 0 Å². The Bertz CT molecular complexity index is 498. The first-order valence-corrected chi connectivity index (χ1v) is 10.2. The van der Waals surface area contributed by atoms with Gasteiger partial charge in [0.2, 0.25) is 0 Å². The minimum absolute atomic E-state index is 1.26. The maximum atomic E-state index is 3.83. The maximum Gasteiger partial charge on any atom is 0.137 e. The molecule has 0 unspecified atom stereocenters. The lowest BCUT2D eigenvalue weighted by Crippen LogP contribution is -2.49. The quantitative estimate of drug-likeness (QED) is 0.743. The second-order valence-electron chi connectivity index (χ2n) is 4.44. The molecule has 0 aliphatic rings. The van der Waals surface area contributed by atoms with Crippen molar-refractivity contribution in [3.05, 3.63) is 47.2 Å². The van der Waals surface area contributed by atoms with Gasteiger partial charge < -0.3 is 0 Å². The maximum absolute atomic E-state index is 3.83. The van der Waals surface area contributed by atoms with Crippen molar-refractivity contribution in [2.45, 2.75) is 13.1 Å². The van der Waals surface area contributed by atoms with Gasteiger partial charge in [0.1, 0.15) is 8.07 Å². The van der Waals surface area contributed by atoms with Crippen LogP contribution in [0.1, 0.15) is 9.75 Å². The molecule has 0 aromatic carbocycles. The van der Waals surface area contributed by atoms with Crippen molar-refractivity contribution in [1.29, 1.82) is 0 Å². The zero-order valence-corrected chi connectivity index (χ0v) is 12.8. The highest BCUT2D eigenvalue weighted by atomic mass is 32.1. The molecule has 0 fully saturated rings. The summed E-state index contributed by atoms with van der Waals surface area (Å²) >= 11 is 3.75. The molecule has 0 aliphatic carbocycles. The van der Waals surface area contributed by atoms with E-state index in [0.717, 1.165) is 0 Å². The van der Waals surface area contributed by atoms with Gasteiger partial charge >= 0.3 is 0 Å². The molecule has 3 heteroatoms. The average Bonchev–Trinajstić information content (AvgIpc) is 2.98. The monoisotopic (exact) mass is 276 g/mol. The molecular formula is C14H16S2Si. The first-order valence-electron chi connectivity index (χ1n) is 5.53. The van der Waals surface area contributed by atoms with Crippen LogP contribution in [0.25, 0.3) is 12.2 Å². The fourth-order valence-corrected chi connectivity index (χ4v) is 7.78. The molecule has 2 aromatic heterocycles. The van der Waals surface area contributed by atoms with Gasteiger partial charge in [0.15, 0.2) is 0 Å². The second-order valence-corrected chi connectivity index (χ2v) is 11.7. The molecule has 0 amide bonds. The molecule has 0 saturated heterocycles. The number of rotatable bonds is 4. The predicted octanol–water partition coefficient (Wildman–Crippen LogP) is 3.92. The van der Waals surface area contributed by atoms with Crippen LogP contribution in [-0.4, -0.2) is 8.07 Å². The van der Waals surface area contributed by atoms with Crippen LogP contribution < -0.4 is 9.00 Å². The summed E-state index contributed by atoms with van der Waals surface area (Å²) in [6.45, 7) is 12.5. The lowest BCUT2D eigenvalue weighted by atomic mass is 10.5. The van der Waals surface area contributed by atoms with Gasteiger partial charge in [0.05, 0.1) is 0 Å². The van der Waals surface area contributed by atoms with Crippen molar-refractivity contribution in [2.24, 2.45) is 0 Å². The summed E-state index contributed by atoms with van der Waals surface area (Å²) in [6.07, 6.45) is 3.87. The van der Waals surface area contributed by atoms with E-state index in [9.17, 15) is 0 Å². The Morgan fingerprint density at radius 1 is 0.882 bits per heavy atom. The highest BCUT2D eigenvalue weighted by Crippen LogP contribution is 2.18. The Balaban J connectivity index is 2.40. The van der Waals surface area contributed by atoms with Gasteiger partial charge in [-0.3, -0.25) is 0 Å². The summed E-state index contributed by atoms with van der Waals surface area (Å²) in [7, 11) is -1.50. The Morgan fingerprint density at radius 2 is 1.29 bits per heavy atom. The first-order chi connectivity index (χ1) is 8.07. The SMILES string of the molecule is C=Cc1ccc([Si](C)(C)c2ccc(C=C)s2)s1. The van der Waals surface area contributed by atoms with Gasteiger partial charge in [-0.2, -0.15) is 0 Å². The van der Waals surface area contributed by atoms with Crippen molar-refractivity contribution >= 4 is 51.9 Å². The van der Waals surface area contributed by atoms with E-state index >= 15 is 0 Å². The van der Waals surface area contributed by atoms with Crippen LogP contribution in [0.2, 0.25) is 13.1 Å². The van der Waals surface area contributed by atoms with Crippen LogP contribution in [0.5, 0.6) is 0 Å². The zero-order chi connectivity index (χ0) is 12.5. The number of thiophene rings is 2. The molecule has 0 saturated carbocycles. The molecule has 2 rings (SSSR count). The van der Waals surface area contributed by atoms with Gasteiger partial charge in [-0.15, -0.1) is 22.7 Å². The molecule has 2 heterocycles. The van der Waals surface area contributed by atoms with Gasteiger partial charge in [-0.25, -0.2) is 0 Å². The fourth-order valence-electron chi connectivity index (χ4n) is 1.72. The van der Waals surface area contributed by atoms with Crippen molar-refractivity contribution in [1.82, 2.24) is 0 Å². The molecular weight excluding hydrogens is 260 g/mol. The van der Waals surface area contributed by atoms with E-state index in [1.165, 1.54) is 18.8 Å². The largest absolute Gasteiger partial charge is 0.145 e. The Morgan fingerprint density at radius 3 is 1.59 bits per heavy atom. The summed E-state index contributed by atoms with van der Waals surface area (Å²) in [5, 5.41) is 0. The molecule has 0 spiro atoms. The van der Waals surface area contributed by atoms with E-state index in [4.69, 9.17) is 0 Å². The Labute approximate surface area is 112 Å². The van der Waals surface area contributed by atoms with Gasteiger partial charge in [0, 0.05) is 9.75 Å². The normalized spacial score (nSPS) is 11.4. The average molecular weight is 277 g/mol. The molecule has 0 aliphatic heterocycles. The third-order valence-corrected chi connectivity index (χ3v) is 11.1. The van der Waals surface area contributed by atoms with E-state index in [2.05, 4.69) is 50.5 Å². The van der Waals surface area contributed by atoms with Gasteiger partial charge in [-0.1, -0.05) is 50.5 Å². The summed E-state index contributed by atoms with van der Waals surface area (Å²) in [5.74, 6) is 0. The summed E-state index contributed by atoms with van der Waals surface area (Å²) in [4.78, 5) is 2.53. The van der Waals surface area contributed by atoms with Crippen LogP contribution >= 0.6 is 22.7 Å². The summed E-state index contributed by atoms with van der Waals surface area (Å²) < 4.78 is 3.04. The number of hydrogen-bond donors (Lipinski definition) is 0. The fraction of sp³-hybridized carbons (Fsp3) is 0.143. The van der Waals surface area contributed by atoms with Crippen molar-refractivity contribution in [3.8, 4) is 0 Å². The van der Waals surface area contributed by atoms with Crippen LogP contribution in [-0.2, 0) is 0 Å². The molecule has 0 N–H and O–H groups in total. The molecule has 0 bridgehead atoms. The molecule has 17 heavy (non-hydrogen) atoms. The topological polar surface area (TPSA) is 0 Å². The highest BCUT2D eigenvalue weighted by Gasteiger charge is 2.29. The van der Waals surface area contributed by atoms with E-state index < -0.39 is 8.07 Å². The summed E-state index contributed by atoms with van der Waals surface area (Å²) in [5.41, 5.74) is 0. The molecule has 0 nitrogen and oxygen atoms in total. The third kappa shape index (κ3) is 2.36. The zero-order valence-electron chi connectivity index (χ0n) is 10.2. The molecule has 0 radical (unpaired) electrons. The van der Waals surface area contributed by atoms with Crippen molar-refractivity contribution in [3.63, 3.8) is 0 Å². The predicted molar refractivity (Wildman–Crippen MR) is 85.6 cm³/mol. The lowest BCUT2D eigenvalue weighted by molar-refractivity contribution is 1.85. The Kier molecular flexibility index (Phi) is 3.52. The highest BCUT2D eigenvalue weighted by molar-refractivity contribution is 7.37. The Hall–Kier alpha value is -0.903. The molecule has 0 atom stereocenters.